The molecule has 0 aliphatic heterocycles. The van der Waals surface area contributed by atoms with Crippen molar-refractivity contribution in [3.8, 4) is 6.07 Å². The first-order chi connectivity index (χ1) is 5.57. The van der Waals surface area contributed by atoms with Crippen molar-refractivity contribution in [3.05, 3.63) is 29.1 Å². The summed E-state index contributed by atoms with van der Waals surface area (Å²) in [5.74, 6) is -3.92. The van der Waals surface area contributed by atoms with Gasteiger partial charge in [0.1, 0.15) is 17.4 Å². The van der Waals surface area contributed by atoms with Crippen molar-refractivity contribution < 1.29 is 13.2 Å². The summed E-state index contributed by atoms with van der Waals surface area (Å²) in [6, 6.07) is 1.86. The van der Waals surface area contributed by atoms with Crippen LogP contribution in [0.2, 0.25) is 0 Å². The molecule has 0 unspecified atom stereocenters. The molecule has 62 valence electrons. The summed E-state index contributed by atoms with van der Waals surface area (Å²) in [5.41, 5.74) is -0.926. The van der Waals surface area contributed by atoms with E-state index in [1.807, 2.05) is 0 Å². The number of hydrogen-bond donors (Lipinski definition) is 1. The largest absolute Gasteiger partial charge is 0.205 e. The zero-order valence-corrected chi connectivity index (χ0v) is 6.50. The molecular weight excluding hydrogens is 187 g/mol. The van der Waals surface area contributed by atoms with Crippen LogP contribution in [-0.2, 0) is 0 Å². The Morgan fingerprint density at radius 1 is 1.25 bits per heavy atom. The molecule has 0 spiro atoms. The van der Waals surface area contributed by atoms with Gasteiger partial charge >= 0.3 is 0 Å². The first-order valence-corrected chi connectivity index (χ1v) is 3.29. The molecule has 1 aromatic carbocycles. The van der Waals surface area contributed by atoms with E-state index in [9.17, 15) is 13.2 Å². The number of benzene rings is 1. The summed E-state index contributed by atoms with van der Waals surface area (Å²) in [4.78, 5) is -0.455. The van der Waals surface area contributed by atoms with Crippen LogP contribution in [0.15, 0.2) is 11.0 Å². The van der Waals surface area contributed by atoms with E-state index in [2.05, 4.69) is 12.6 Å². The lowest BCUT2D eigenvalue weighted by atomic mass is 10.2. The third-order valence-corrected chi connectivity index (χ3v) is 1.58. The Morgan fingerprint density at radius 2 is 1.83 bits per heavy atom. The Hall–Kier alpha value is -1.15. The van der Waals surface area contributed by atoms with E-state index in [1.54, 1.807) is 0 Å². The molecule has 1 aromatic rings. The van der Waals surface area contributed by atoms with Crippen LogP contribution in [0, 0.1) is 28.8 Å². The highest BCUT2D eigenvalue weighted by atomic mass is 32.1. The average Bonchev–Trinajstić information content (AvgIpc) is 2.01. The van der Waals surface area contributed by atoms with Crippen molar-refractivity contribution in [1.82, 2.24) is 0 Å². The van der Waals surface area contributed by atoms with Crippen molar-refractivity contribution in [2.24, 2.45) is 0 Å². The Labute approximate surface area is 71.8 Å². The molecule has 0 amide bonds. The smallest absolute Gasteiger partial charge is 0.180 e. The van der Waals surface area contributed by atoms with Gasteiger partial charge in [-0.25, -0.2) is 13.2 Å². The van der Waals surface area contributed by atoms with E-state index in [1.165, 1.54) is 6.07 Å². The topological polar surface area (TPSA) is 23.8 Å². The molecule has 0 bridgehead atoms. The Bertz CT molecular complexity index is 370. The van der Waals surface area contributed by atoms with Crippen LogP contribution in [0.3, 0.4) is 0 Å². The molecule has 1 nitrogen and oxygen atoms in total. The van der Waals surface area contributed by atoms with Crippen molar-refractivity contribution in [2.45, 2.75) is 4.90 Å². The van der Waals surface area contributed by atoms with Gasteiger partial charge in [-0.3, -0.25) is 0 Å². The highest BCUT2D eigenvalue weighted by Crippen LogP contribution is 2.21. The predicted octanol–water partition coefficient (Wildman–Crippen LogP) is 2.26. The summed E-state index contributed by atoms with van der Waals surface area (Å²) >= 11 is 3.46. The molecule has 12 heavy (non-hydrogen) atoms. The van der Waals surface area contributed by atoms with Crippen LogP contribution < -0.4 is 0 Å². The molecule has 5 heteroatoms. The third-order valence-electron chi connectivity index (χ3n) is 1.25. The summed E-state index contributed by atoms with van der Waals surface area (Å²) in [7, 11) is 0. The maximum Gasteiger partial charge on any atom is 0.180 e. The molecule has 0 N–H and O–H groups in total. The van der Waals surface area contributed by atoms with E-state index in [0.29, 0.717) is 6.07 Å². The van der Waals surface area contributed by atoms with Crippen molar-refractivity contribution in [2.75, 3.05) is 0 Å². The third kappa shape index (κ3) is 1.25. The highest BCUT2D eigenvalue weighted by Gasteiger charge is 2.16. The van der Waals surface area contributed by atoms with Gasteiger partial charge in [0.15, 0.2) is 11.6 Å². The second-order valence-electron chi connectivity index (χ2n) is 1.99. The van der Waals surface area contributed by atoms with Crippen LogP contribution in [-0.4, -0.2) is 0 Å². The van der Waals surface area contributed by atoms with Gasteiger partial charge in [-0.15, -0.1) is 12.6 Å². The fourth-order valence-electron chi connectivity index (χ4n) is 0.685. The van der Waals surface area contributed by atoms with Gasteiger partial charge < -0.3 is 0 Å². The van der Waals surface area contributed by atoms with Gasteiger partial charge in [-0.05, 0) is 6.07 Å². The number of hydrogen-bond acceptors (Lipinski definition) is 2. The van der Waals surface area contributed by atoms with Crippen LogP contribution >= 0.6 is 12.6 Å². The summed E-state index contributed by atoms with van der Waals surface area (Å²) in [5, 5.41) is 8.19. The number of nitriles is 1. The fraction of sp³-hybridized carbons (Fsp3) is 0. The van der Waals surface area contributed by atoms with E-state index >= 15 is 0 Å². The predicted molar refractivity (Wildman–Crippen MR) is 38.3 cm³/mol. The Kier molecular flexibility index (Phi) is 2.29. The first kappa shape index (κ1) is 8.94. The van der Waals surface area contributed by atoms with Crippen LogP contribution in [0.5, 0.6) is 0 Å². The Balaban J connectivity index is 3.54. The summed E-state index contributed by atoms with van der Waals surface area (Å²) in [6.45, 7) is 0. The first-order valence-electron chi connectivity index (χ1n) is 2.84. The van der Waals surface area contributed by atoms with Gasteiger partial charge in [-0.2, -0.15) is 5.26 Å². The van der Waals surface area contributed by atoms with E-state index in [4.69, 9.17) is 5.26 Å². The monoisotopic (exact) mass is 189 g/mol. The van der Waals surface area contributed by atoms with Gasteiger partial charge in [0.25, 0.3) is 0 Å². The van der Waals surface area contributed by atoms with Gasteiger partial charge in [0.2, 0.25) is 0 Å². The van der Waals surface area contributed by atoms with E-state index in [-0.39, 0.29) is 0 Å². The SMILES string of the molecule is N#Cc1c(F)cc(S)c(F)c1F. The lowest BCUT2D eigenvalue weighted by molar-refractivity contribution is 0.474. The minimum Gasteiger partial charge on any atom is -0.205 e. The van der Waals surface area contributed by atoms with Crippen LogP contribution in [0.25, 0.3) is 0 Å². The van der Waals surface area contributed by atoms with Crippen molar-refractivity contribution in [3.63, 3.8) is 0 Å². The molecule has 0 aromatic heterocycles. The molecule has 0 saturated carbocycles. The number of nitrogens with zero attached hydrogens (tertiary/aromatic N) is 1. The molecule has 0 radical (unpaired) electrons. The van der Waals surface area contributed by atoms with Crippen molar-refractivity contribution in [1.29, 1.82) is 5.26 Å². The van der Waals surface area contributed by atoms with Crippen molar-refractivity contribution >= 4 is 12.6 Å². The van der Waals surface area contributed by atoms with Crippen LogP contribution in [0.4, 0.5) is 13.2 Å². The molecule has 0 aliphatic carbocycles. The molecule has 1 rings (SSSR count). The molecule has 0 fully saturated rings. The normalized spacial score (nSPS) is 9.58. The lowest BCUT2D eigenvalue weighted by Crippen LogP contribution is -1.95. The second kappa shape index (κ2) is 3.07. The van der Waals surface area contributed by atoms with Crippen LogP contribution in [0.1, 0.15) is 5.56 Å². The maximum absolute atomic E-state index is 12.6. The highest BCUT2D eigenvalue weighted by molar-refractivity contribution is 7.80. The number of thiol groups is 1. The number of halogens is 3. The van der Waals surface area contributed by atoms with Gasteiger partial charge in [0, 0.05) is 4.90 Å². The Morgan fingerprint density at radius 3 is 2.33 bits per heavy atom. The maximum atomic E-state index is 12.6. The summed E-state index contributed by atoms with van der Waals surface area (Å²) < 4.78 is 37.8. The fourth-order valence-corrected chi connectivity index (χ4v) is 0.897. The minimum atomic E-state index is -1.50. The standard InChI is InChI=1S/C7H2F3NS/c8-4-1-5(12)7(10)6(9)3(4)2-11/h1,12H. The quantitative estimate of drug-likeness (QED) is 0.491. The van der Waals surface area contributed by atoms with Gasteiger partial charge in [0.05, 0.1) is 0 Å². The molecule has 0 heterocycles. The lowest BCUT2D eigenvalue weighted by Gasteiger charge is -1.99. The second-order valence-corrected chi connectivity index (χ2v) is 2.47. The zero-order chi connectivity index (χ0) is 9.30. The molecule has 0 atom stereocenters. The number of rotatable bonds is 0. The average molecular weight is 189 g/mol. The van der Waals surface area contributed by atoms with E-state index < -0.39 is 27.9 Å². The molecular formula is C7H2F3NS. The molecule has 0 saturated heterocycles. The minimum absolute atomic E-state index is 0.455. The van der Waals surface area contributed by atoms with E-state index in [0.717, 1.165) is 0 Å². The van der Waals surface area contributed by atoms with Gasteiger partial charge in [-0.1, -0.05) is 0 Å². The summed E-state index contributed by atoms with van der Waals surface area (Å²) in [6.07, 6.45) is 0. The zero-order valence-electron chi connectivity index (χ0n) is 5.61. The molecule has 0 aliphatic rings.